The molecule has 1 heterocycles. The van der Waals surface area contributed by atoms with Gasteiger partial charge >= 0.3 is 0 Å². The van der Waals surface area contributed by atoms with Gasteiger partial charge in [0.15, 0.2) is 6.29 Å². The minimum absolute atomic E-state index is 0.223. The SMILES string of the molecule is OC[C@H]1O[C@@H](OI)C[C@@H](O)[C@H]1O. The first-order valence-electron chi connectivity index (χ1n) is 3.59. The molecule has 6 heteroatoms. The Bertz CT molecular complexity index is 144. The van der Waals surface area contributed by atoms with Crippen LogP contribution in [0.5, 0.6) is 0 Å². The zero-order valence-electron chi connectivity index (χ0n) is 6.26. The molecule has 0 aromatic heterocycles. The summed E-state index contributed by atoms with van der Waals surface area (Å²) in [5.74, 6) is 0. The summed E-state index contributed by atoms with van der Waals surface area (Å²) >= 11 is 1.65. The van der Waals surface area contributed by atoms with E-state index in [0.717, 1.165) is 0 Å². The van der Waals surface area contributed by atoms with Crippen LogP contribution in [0.15, 0.2) is 0 Å². The highest BCUT2D eigenvalue weighted by molar-refractivity contribution is 14.1. The Labute approximate surface area is 84.0 Å². The van der Waals surface area contributed by atoms with Gasteiger partial charge in [0.25, 0.3) is 0 Å². The number of hydrogen-bond acceptors (Lipinski definition) is 5. The van der Waals surface area contributed by atoms with Gasteiger partial charge in [0.1, 0.15) is 35.2 Å². The Hall–Kier alpha value is 0.530. The van der Waals surface area contributed by atoms with Crippen molar-refractivity contribution in [2.75, 3.05) is 6.61 Å². The lowest BCUT2D eigenvalue weighted by molar-refractivity contribution is -0.220. The van der Waals surface area contributed by atoms with Gasteiger partial charge in [-0.15, -0.1) is 0 Å². The molecule has 0 aliphatic carbocycles. The van der Waals surface area contributed by atoms with E-state index in [1.807, 2.05) is 0 Å². The topological polar surface area (TPSA) is 79.2 Å². The summed E-state index contributed by atoms with van der Waals surface area (Å²) in [7, 11) is 0. The van der Waals surface area contributed by atoms with Crippen molar-refractivity contribution in [1.29, 1.82) is 0 Å². The maximum absolute atomic E-state index is 9.26. The van der Waals surface area contributed by atoms with Crippen molar-refractivity contribution in [3.8, 4) is 0 Å². The van der Waals surface area contributed by atoms with Crippen molar-refractivity contribution in [2.45, 2.75) is 31.0 Å². The molecule has 72 valence electrons. The fourth-order valence-corrected chi connectivity index (χ4v) is 1.45. The molecule has 0 spiro atoms. The van der Waals surface area contributed by atoms with Crippen LogP contribution in [0.2, 0.25) is 0 Å². The Morgan fingerprint density at radius 2 is 2.17 bits per heavy atom. The molecular formula is C6H11IO5. The first-order valence-corrected chi connectivity index (χ1v) is 4.47. The Balaban J connectivity index is 2.52. The van der Waals surface area contributed by atoms with Crippen LogP contribution in [0.25, 0.3) is 0 Å². The van der Waals surface area contributed by atoms with E-state index in [4.69, 9.17) is 12.9 Å². The molecule has 0 aromatic rings. The minimum Gasteiger partial charge on any atom is -0.394 e. The van der Waals surface area contributed by atoms with Gasteiger partial charge in [0.2, 0.25) is 0 Å². The van der Waals surface area contributed by atoms with E-state index < -0.39 is 24.6 Å². The van der Waals surface area contributed by atoms with Crippen LogP contribution >= 0.6 is 23.0 Å². The maximum Gasteiger partial charge on any atom is 0.172 e. The summed E-state index contributed by atoms with van der Waals surface area (Å²) in [5, 5.41) is 27.3. The number of aliphatic hydroxyl groups is 3. The zero-order chi connectivity index (χ0) is 9.14. The third-order valence-corrected chi connectivity index (χ3v) is 2.38. The quantitative estimate of drug-likeness (QED) is 0.579. The van der Waals surface area contributed by atoms with Gasteiger partial charge in [0, 0.05) is 6.42 Å². The molecule has 1 saturated heterocycles. The van der Waals surface area contributed by atoms with E-state index in [1.165, 1.54) is 0 Å². The highest BCUT2D eigenvalue weighted by atomic mass is 127. The molecule has 1 aliphatic heterocycles. The molecule has 12 heavy (non-hydrogen) atoms. The predicted octanol–water partition coefficient (Wildman–Crippen LogP) is -0.818. The summed E-state index contributed by atoms with van der Waals surface area (Å²) in [6.45, 7) is -0.325. The van der Waals surface area contributed by atoms with Crippen molar-refractivity contribution >= 4 is 23.0 Å². The van der Waals surface area contributed by atoms with Crippen molar-refractivity contribution < 1.29 is 23.1 Å². The first kappa shape index (κ1) is 10.6. The average molecular weight is 290 g/mol. The zero-order valence-corrected chi connectivity index (χ0v) is 8.42. The highest BCUT2D eigenvalue weighted by Gasteiger charge is 2.36. The van der Waals surface area contributed by atoms with Crippen LogP contribution in [-0.4, -0.2) is 46.5 Å². The van der Waals surface area contributed by atoms with Crippen molar-refractivity contribution in [2.24, 2.45) is 0 Å². The van der Waals surface area contributed by atoms with E-state index in [-0.39, 0.29) is 13.0 Å². The van der Waals surface area contributed by atoms with Gasteiger partial charge in [-0.25, -0.2) is 0 Å². The molecule has 4 atom stereocenters. The molecule has 0 aromatic carbocycles. The maximum atomic E-state index is 9.26. The van der Waals surface area contributed by atoms with Gasteiger partial charge in [-0.3, -0.25) is 3.07 Å². The Morgan fingerprint density at radius 3 is 2.67 bits per heavy atom. The molecule has 0 saturated carbocycles. The highest BCUT2D eigenvalue weighted by Crippen LogP contribution is 2.22. The van der Waals surface area contributed by atoms with Gasteiger partial charge in [-0.2, -0.15) is 0 Å². The second-order valence-corrected chi connectivity index (χ2v) is 3.18. The van der Waals surface area contributed by atoms with Crippen LogP contribution < -0.4 is 0 Å². The summed E-state index contributed by atoms with van der Waals surface area (Å²) in [6, 6.07) is 0. The number of ether oxygens (including phenoxy) is 1. The average Bonchev–Trinajstić information content (AvgIpc) is 2.09. The standard InChI is InChI=1S/C6H11IO5/c7-12-5-1-3(9)6(10)4(2-8)11-5/h3-6,8-10H,1-2H2/t3-,4-,5+,6-/m1/s1. The van der Waals surface area contributed by atoms with Crippen LogP contribution in [0.4, 0.5) is 0 Å². The molecule has 1 fully saturated rings. The lowest BCUT2D eigenvalue weighted by Gasteiger charge is -2.34. The number of rotatable bonds is 2. The molecular weight excluding hydrogens is 279 g/mol. The van der Waals surface area contributed by atoms with Gasteiger partial charge in [0.05, 0.1) is 12.7 Å². The van der Waals surface area contributed by atoms with E-state index >= 15 is 0 Å². The lowest BCUT2D eigenvalue weighted by atomic mass is 10.0. The molecule has 0 radical (unpaired) electrons. The normalized spacial score (nSPS) is 43.0. The molecule has 0 unspecified atom stereocenters. The Morgan fingerprint density at radius 1 is 1.50 bits per heavy atom. The van der Waals surface area contributed by atoms with Crippen LogP contribution in [0.3, 0.4) is 0 Å². The predicted molar refractivity (Wildman–Crippen MR) is 47.5 cm³/mol. The summed E-state index contributed by atoms with van der Waals surface area (Å²) in [6.07, 6.45) is -3.01. The number of hydrogen-bond donors (Lipinski definition) is 3. The lowest BCUT2D eigenvalue weighted by Crippen LogP contribution is -2.49. The van der Waals surface area contributed by atoms with Crippen LogP contribution in [0, 0.1) is 0 Å². The second kappa shape index (κ2) is 4.68. The van der Waals surface area contributed by atoms with Crippen LogP contribution in [-0.2, 0) is 7.80 Å². The smallest absolute Gasteiger partial charge is 0.172 e. The van der Waals surface area contributed by atoms with Crippen molar-refractivity contribution in [3.63, 3.8) is 0 Å². The summed E-state index contributed by atoms with van der Waals surface area (Å²) in [4.78, 5) is 0. The first-order chi connectivity index (χ1) is 5.69. The molecule has 0 amide bonds. The molecule has 5 nitrogen and oxygen atoms in total. The van der Waals surface area contributed by atoms with Crippen molar-refractivity contribution in [1.82, 2.24) is 0 Å². The van der Waals surface area contributed by atoms with Gasteiger partial charge in [-0.05, 0) is 0 Å². The molecule has 1 aliphatic rings. The van der Waals surface area contributed by atoms with Crippen molar-refractivity contribution in [3.05, 3.63) is 0 Å². The second-order valence-electron chi connectivity index (χ2n) is 2.67. The van der Waals surface area contributed by atoms with E-state index in [9.17, 15) is 10.2 Å². The van der Waals surface area contributed by atoms with Gasteiger partial charge < -0.3 is 20.1 Å². The number of halogens is 1. The van der Waals surface area contributed by atoms with Crippen LogP contribution in [0.1, 0.15) is 6.42 Å². The van der Waals surface area contributed by atoms with E-state index in [1.54, 1.807) is 23.0 Å². The largest absolute Gasteiger partial charge is 0.394 e. The third kappa shape index (κ3) is 2.27. The molecule has 1 rings (SSSR count). The monoisotopic (exact) mass is 290 g/mol. The van der Waals surface area contributed by atoms with Gasteiger partial charge in [-0.1, -0.05) is 0 Å². The fraction of sp³-hybridized carbons (Fsp3) is 1.00. The van der Waals surface area contributed by atoms with E-state index in [0.29, 0.717) is 0 Å². The number of aliphatic hydroxyl groups excluding tert-OH is 3. The summed E-state index contributed by atoms with van der Waals surface area (Å²) in [5.41, 5.74) is 0. The third-order valence-electron chi connectivity index (χ3n) is 1.81. The molecule has 0 bridgehead atoms. The fourth-order valence-electron chi connectivity index (χ4n) is 1.12. The summed E-state index contributed by atoms with van der Waals surface area (Å²) < 4.78 is 9.89. The van der Waals surface area contributed by atoms with E-state index in [2.05, 4.69) is 0 Å². The Kier molecular flexibility index (Phi) is 4.14. The molecule has 3 N–H and O–H groups in total. The minimum atomic E-state index is -1.03.